The SMILES string of the molecule is COc1cc(C(=O)NCC(O)(c2cc(C(C)(C)NCCN)cc(-c3ccc(F)c(Cl)c3)n2)C(F)(F)F)ccc1OC1CC1. The molecule has 0 spiro atoms. The minimum absolute atomic E-state index is 0.00000714. The topological polar surface area (TPSA) is 119 Å². The first-order chi connectivity index (χ1) is 20.2. The van der Waals surface area contributed by atoms with E-state index < -0.39 is 41.3 Å². The van der Waals surface area contributed by atoms with Crippen LogP contribution in [0.5, 0.6) is 11.5 Å². The fourth-order valence-electron chi connectivity index (χ4n) is 4.31. The molecular weight excluding hydrogens is 592 g/mol. The third kappa shape index (κ3) is 7.38. The highest BCUT2D eigenvalue weighted by Crippen LogP contribution is 2.41. The Morgan fingerprint density at radius 3 is 2.44 bits per heavy atom. The number of nitrogens with zero attached hydrogens (tertiary/aromatic N) is 1. The molecule has 8 nitrogen and oxygen atoms in total. The molecule has 1 aliphatic carbocycles. The van der Waals surface area contributed by atoms with Gasteiger partial charge < -0.3 is 30.9 Å². The molecule has 0 saturated heterocycles. The largest absolute Gasteiger partial charge is 0.493 e. The van der Waals surface area contributed by atoms with E-state index in [-0.39, 0.29) is 40.2 Å². The second-order valence-corrected chi connectivity index (χ2v) is 11.2. The van der Waals surface area contributed by atoms with Gasteiger partial charge in [0, 0.05) is 29.8 Å². The number of nitrogens with one attached hydrogen (secondary N) is 2. The molecule has 1 fully saturated rings. The molecule has 0 radical (unpaired) electrons. The number of alkyl halides is 3. The lowest BCUT2D eigenvalue weighted by molar-refractivity contribution is -0.265. The lowest BCUT2D eigenvalue weighted by Gasteiger charge is -2.33. The van der Waals surface area contributed by atoms with Crippen LogP contribution in [-0.2, 0) is 11.1 Å². The fraction of sp³-hybridized carbons (Fsp3) is 0.400. The number of pyridine rings is 1. The molecule has 5 N–H and O–H groups in total. The minimum Gasteiger partial charge on any atom is -0.493 e. The van der Waals surface area contributed by atoms with Crippen LogP contribution >= 0.6 is 11.6 Å². The summed E-state index contributed by atoms with van der Waals surface area (Å²) in [6, 6.07) is 10.5. The number of hydrogen-bond acceptors (Lipinski definition) is 7. The Morgan fingerprint density at radius 1 is 1.12 bits per heavy atom. The van der Waals surface area contributed by atoms with Crippen molar-refractivity contribution in [1.29, 1.82) is 0 Å². The molecular formula is C30H33ClF4N4O4. The van der Waals surface area contributed by atoms with Gasteiger partial charge in [0.05, 0.1) is 36.2 Å². The zero-order valence-corrected chi connectivity index (χ0v) is 24.6. The number of aromatic nitrogens is 1. The molecule has 43 heavy (non-hydrogen) atoms. The first-order valence-corrected chi connectivity index (χ1v) is 13.9. The summed E-state index contributed by atoms with van der Waals surface area (Å²) in [5.41, 5.74) is 0.856. The molecule has 1 heterocycles. The standard InChI is InChI=1S/C30H33ClF4N4O4/c1-28(2,38-11-10-36)19-14-23(17-4-8-22(32)21(31)12-17)39-26(15-19)29(41,30(33,34)35)16-37-27(40)18-5-9-24(25(13-18)42-3)43-20-6-7-20/h4-5,8-9,12-15,20,38,41H,6-7,10-11,16,36H2,1-3H3,(H,37,40). The highest BCUT2D eigenvalue weighted by atomic mass is 35.5. The maximum Gasteiger partial charge on any atom is 0.424 e. The number of nitrogens with two attached hydrogens (primary N) is 1. The van der Waals surface area contributed by atoms with Gasteiger partial charge in [0.1, 0.15) is 5.82 Å². The van der Waals surface area contributed by atoms with Crippen LogP contribution in [0, 0.1) is 5.82 Å². The quantitative estimate of drug-likeness (QED) is 0.208. The lowest BCUT2D eigenvalue weighted by Crippen LogP contribution is -2.52. The fourth-order valence-corrected chi connectivity index (χ4v) is 4.49. The van der Waals surface area contributed by atoms with Crippen LogP contribution in [0.1, 0.15) is 48.3 Å². The number of methoxy groups -OCH3 is 1. The number of carbonyl (C=O) groups excluding carboxylic acids is 1. The lowest BCUT2D eigenvalue weighted by atomic mass is 9.88. The van der Waals surface area contributed by atoms with Crippen LogP contribution in [0.4, 0.5) is 17.6 Å². The van der Waals surface area contributed by atoms with E-state index in [2.05, 4.69) is 15.6 Å². The maximum absolute atomic E-state index is 14.6. The van der Waals surface area contributed by atoms with Gasteiger partial charge >= 0.3 is 6.18 Å². The summed E-state index contributed by atoms with van der Waals surface area (Å²) in [6.45, 7) is 2.80. The van der Waals surface area contributed by atoms with E-state index in [0.29, 0.717) is 17.9 Å². The molecule has 13 heteroatoms. The van der Waals surface area contributed by atoms with Gasteiger partial charge in [-0.15, -0.1) is 0 Å². The minimum atomic E-state index is -5.27. The maximum atomic E-state index is 14.6. The number of hydrogen-bond donors (Lipinski definition) is 4. The number of amides is 1. The summed E-state index contributed by atoms with van der Waals surface area (Å²) < 4.78 is 68.8. The number of ether oxygens (including phenoxy) is 2. The van der Waals surface area contributed by atoms with Crippen LogP contribution in [0.2, 0.25) is 5.02 Å². The summed E-state index contributed by atoms with van der Waals surface area (Å²) in [5.74, 6) is -0.945. The van der Waals surface area contributed by atoms with Crippen LogP contribution < -0.4 is 25.8 Å². The van der Waals surface area contributed by atoms with Gasteiger partial charge in [0.25, 0.3) is 5.91 Å². The van der Waals surface area contributed by atoms with E-state index in [1.807, 2.05) is 0 Å². The molecule has 0 aliphatic heterocycles. The van der Waals surface area contributed by atoms with Crippen molar-refractivity contribution in [1.82, 2.24) is 15.6 Å². The highest BCUT2D eigenvalue weighted by Gasteiger charge is 2.56. The Balaban J connectivity index is 1.72. The van der Waals surface area contributed by atoms with E-state index in [1.54, 1.807) is 13.8 Å². The number of carbonyl (C=O) groups is 1. The van der Waals surface area contributed by atoms with E-state index in [9.17, 15) is 27.5 Å². The normalized spacial score (nSPS) is 15.1. The molecule has 1 atom stereocenters. The van der Waals surface area contributed by atoms with E-state index >= 15 is 0 Å². The third-order valence-corrected chi connectivity index (χ3v) is 7.40. The second-order valence-electron chi connectivity index (χ2n) is 10.8. The Morgan fingerprint density at radius 2 is 1.84 bits per heavy atom. The zero-order chi connectivity index (χ0) is 31.6. The van der Waals surface area contributed by atoms with Crippen molar-refractivity contribution in [2.45, 2.75) is 50.1 Å². The molecule has 1 aromatic heterocycles. The predicted molar refractivity (Wildman–Crippen MR) is 154 cm³/mol. The average molecular weight is 625 g/mol. The molecule has 0 bridgehead atoms. The van der Waals surface area contributed by atoms with Gasteiger partial charge in [-0.25, -0.2) is 9.37 Å². The van der Waals surface area contributed by atoms with Gasteiger partial charge in [-0.3, -0.25) is 4.79 Å². The van der Waals surface area contributed by atoms with Crippen molar-refractivity contribution >= 4 is 17.5 Å². The first-order valence-electron chi connectivity index (χ1n) is 13.5. The second kappa shape index (κ2) is 12.7. The van der Waals surface area contributed by atoms with Gasteiger partial charge in [-0.05, 0) is 80.8 Å². The van der Waals surface area contributed by atoms with E-state index in [4.69, 9.17) is 26.8 Å². The Labute approximate surface area is 251 Å². The molecule has 1 amide bonds. The Bertz CT molecular complexity index is 1480. The molecule has 1 unspecified atom stereocenters. The molecule has 3 aromatic rings. The molecule has 1 saturated carbocycles. The zero-order valence-electron chi connectivity index (χ0n) is 23.8. The van der Waals surface area contributed by atoms with Crippen molar-refractivity contribution in [2.24, 2.45) is 5.73 Å². The van der Waals surface area contributed by atoms with Gasteiger partial charge in [-0.2, -0.15) is 13.2 Å². The van der Waals surface area contributed by atoms with Crippen LogP contribution in [0.15, 0.2) is 48.5 Å². The summed E-state index contributed by atoms with van der Waals surface area (Å²) in [6.07, 6.45) is -3.41. The molecule has 232 valence electrons. The summed E-state index contributed by atoms with van der Waals surface area (Å²) in [4.78, 5) is 17.1. The predicted octanol–water partition coefficient (Wildman–Crippen LogP) is 5.05. The van der Waals surface area contributed by atoms with Gasteiger partial charge in [0.15, 0.2) is 11.5 Å². The summed E-state index contributed by atoms with van der Waals surface area (Å²) >= 11 is 5.94. The molecule has 1 aliphatic rings. The molecule has 2 aromatic carbocycles. The first kappa shape index (κ1) is 32.5. The van der Waals surface area contributed by atoms with Crippen molar-refractivity contribution < 1.29 is 36.9 Å². The highest BCUT2D eigenvalue weighted by molar-refractivity contribution is 6.31. The summed E-state index contributed by atoms with van der Waals surface area (Å²) in [7, 11) is 1.38. The third-order valence-electron chi connectivity index (χ3n) is 7.11. The smallest absolute Gasteiger partial charge is 0.424 e. The van der Waals surface area contributed by atoms with Crippen molar-refractivity contribution in [2.75, 3.05) is 26.7 Å². The van der Waals surface area contributed by atoms with Crippen molar-refractivity contribution in [3.05, 3.63) is 76.2 Å². The van der Waals surface area contributed by atoms with Crippen molar-refractivity contribution in [3.63, 3.8) is 0 Å². The van der Waals surface area contributed by atoms with Crippen LogP contribution in [0.3, 0.4) is 0 Å². The van der Waals surface area contributed by atoms with Crippen LogP contribution in [0.25, 0.3) is 11.3 Å². The monoisotopic (exact) mass is 624 g/mol. The number of benzene rings is 2. The van der Waals surface area contributed by atoms with E-state index in [0.717, 1.165) is 25.0 Å². The van der Waals surface area contributed by atoms with E-state index in [1.165, 1.54) is 43.5 Å². The summed E-state index contributed by atoms with van der Waals surface area (Å²) in [5, 5.41) is 16.3. The molecule has 4 rings (SSSR count). The van der Waals surface area contributed by atoms with Crippen molar-refractivity contribution in [3.8, 4) is 22.8 Å². The number of aliphatic hydroxyl groups is 1. The van der Waals surface area contributed by atoms with Gasteiger partial charge in [0.2, 0.25) is 5.60 Å². The number of halogens is 5. The Kier molecular flexibility index (Phi) is 9.55. The van der Waals surface area contributed by atoms with Crippen LogP contribution in [-0.4, -0.2) is 55.0 Å². The number of rotatable bonds is 12. The Hall–Kier alpha value is -3.45. The van der Waals surface area contributed by atoms with Gasteiger partial charge in [-0.1, -0.05) is 11.6 Å². The average Bonchev–Trinajstić information content (AvgIpc) is 3.79.